The molecule has 1 aromatic carbocycles. The summed E-state index contributed by atoms with van der Waals surface area (Å²) in [5, 5.41) is 3.66. The molecular weight excluding hydrogens is 174 g/mol. The van der Waals surface area contributed by atoms with Crippen LogP contribution in [0, 0.1) is 0 Å². The molecule has 0 aliphatic rings. The van der Waals surface area contributed by atoms with E-state index in [0.29, 0.717) is 6.61 Å². The van der Waals surface area contributed by atoms with Crippen molar-refractivity contribution in [2.75, 3.05) is 0 Å². The highest BCUT2D eigenvalue weighted by atomic mass is 16.6. The highest BCUT2D eigenvalue weighted by Gasteiger charge is 1.92. The maximum absolute atomic E-state index is 5.04. The summed E-state index contributed by atoms with van der Waals surface area (Å²) in [6, 6.07) is 7.99. The van der Waals surface area contributed by atoms with Gasteiger partial charge in [-0.1, -0.05) is 42.9 Å². The zero-order valence-electron chi connectivity index (χ0n) is 8.36. The molecule has 0 saturated heterocycles. The van der Waals surface area contributed by atoms with Gasteiger partial charge < -0.3 is 4.84 Å². The van der Waals surface area contributed by atoms with E-state index < -0.39 is 0 Å². The summed E-state index contributed by atoms with van der Waals surface area (Å²) in [5.41, 5.74) is 2.18. The molecular formula is C12H14NO. The molecule has 0 bridgehead atoms. The highest BCUT2D eigenvalue weighted by Crippen LogP contribution is 2.07. The number of hydrogen-bond acceptors (Lipinski definition) is 2. The second kappa shape index (κ2) is 5.97. The lowest BCUT2D eigenvalue weighted by atomic mass is 10.1. The van der Waals surface area contributed by atoms with Crippen molar-refractivity contribution in [1.29, 1.82) is 0 Å². The van der Waals surface area contributed by atoms with Gasteiger partial charge >= 0.3 is 0 Å². The van der Waals surface area contributed by atoms with Gasteiger partial charge in [0.1, 0.15) is 12.8 Å². The first-order valence-corrected chi connectivity index (χ1v) is 4.63. The van der Waals surface area contributed by atoms with Crippen LogP contribution in [0.15, 0.2) is 36.0 Å². The number of rotatable bonds is 5. The van der Waals surface area contributed by atoms with Crippen molar-refractivity contribution in [3.8, 4) is 0 Å². The van der Waals surface area contributed by atoms with Crippen LogP contribution in [0.4, 0.5) is 0 Å². The second-order valence-electron chi connectivity index (χ2n) is 2.83. The van der Waals surface area contributed by atoms with Gasteiger partial charge in [0.15, 0.2) is 0 Å². The molecule has 73 valence electrons. The zero-order chi connectivity index (χ0) is 10.2. The Morgan fingerprint density at radius 1 is 1.57 bits per heavy atom. The summed E-state index contributed by atoms with van der Waals surface area (Å²) in [7, 11) is 0. The van der Waals surface area contributed by atoms with Gasteiger partial charge in [-0.25, -0.2) is 0 Å². The van der Waals surface area contributed by atoms with Gasteiger partial charge in [-0.3, -0.25) is 0 Å². The minimum absolute atomic E-state index is 0.481. The molecule has 0 spiro atoms. The van der Waals surface area contributed by atoms with Gasteiger partial charge in [0.2, 0.25) is 0 Å². The molecule has 1 radical (unpaired) electrons. The summed E-state index contributed by atoms with van der Waals surface area (Å²) >= 11 is 0. The third-order valence-corrected chi connectivity index (χ3v) is 1.71. The normalized spacial score (nSPS) is 10.4. The van der Waals surface area contributed by atoms with Gasteiger partial charge in [-0.05, 0) is 23.6 Å². The molecule has 2 nitrogen and oxygen atoms in total. The molecule has 14 heavy (non-hydrogen) atoms. The second-order valence-corrected chi connectivity index (χ2v) is 2.83. The van der Waals surface area contributed by atoms with Crippen molar-refractivity contribution in [2.45, 2.75) is 20.0 Å². The standard InChI is InChI=1S/C12H14NO/c1-3-8-13-14-10-12-7-5-6-11(4-2)9-12/h4-7,9H,2-3,10H2,1H3. The quantitative estimate of drug-likeness (QED) is 0.514. The van der Waals surface area contributed by atoms with Crippen LogP contribution in [0.3, 0.4) is 0 Å². The lowest BCUT2D eigenvalue weighted by Gasteiger charge is -2.00. The van der Waals surface area contributed by atoms with Crippen molar-refractivity contribution in [3.05, 3.63) is 42.0 Å². The zero-order valence-corrected chi connectivity index (χ0v) is 8.36. The third-order valence-electron chi connectivity index (χ3n) is 1.71. The molecule has 0 amide bonds. The predicted octanol–water partition coefficient (Wildman–Crippen LogP) is 3.12. The van der Waals surface area contributed by atoms with Crippen LogP contribution in [0.1, 0.15) is 24.5 Å². The van der Waals surface area contributed by atoms with E-state index in [1.807, 2.05) is 37.3 Å². The smallest absolute Gasteiger partial charge is 0.142 e. The van der Waals surface area contributed by atoms with E-state index in [1.165, 1.54) is 0 Å². The average molecular weight is 188 g/mol. The third kappa shape index (κ3) is 3.44. The Morgan fingerprint density at radius 2 is 2.43 bits per heavy atom. The van der Waals surface area contributed by atoms with Crippen molar-refractivity contribution in [2.24, 2.45) is 5.16 Å². The molecule has 0 atom stereocenters. The fourth-order valence-corrected chi connectivity index (χ4v) is 1.03. The van der Waals surface area contributed by atoms with Crippen molar-refractivity contribution in [3.63, 3.8) is 0 Å². The van der Waals surface area contributed by atoms with E-state index in [0.717, 1.165) is 17.5 Å². The predicted molar refractivity (Wildman–Crippen MR) is 59.0 cm³/mol. The molecule has 1 rings (SSSR count). The van der Waals surface area contributed by atoms with Crippen LogP contribution >= 0.6 is 0 Å². The van der Waals surface area contributed by atoms with Gasteiger partial charge in [-0.15, -0.1) is 0 Å². The molecule has 0 aromatic heterocycles. The van der Waals surface area contributed by atoms with Crippen LogP contribution < -0.4 is 0 Å². The lowest BCUT2D eigenvalue weighted by Crippen LogP contribution is -1.87. The first-order valence-electron chi connectivity index (χ1n) is 4.63. The Morgan fingerprint density at radius 3 is 3.14 bits per heavy atom. The molecule has 0 fully saturated rings. The Hall–Kier alpha value is -1.57. The topological polar surface area (TPSA) is 21.6 Å². The fourth-order valence-electron chi connectivity index (χ4n) is 1.03. The SMILES string of the molecule is C=Cc1cccc(CO/N=[C]\CC)c1. The number of nitrogens with zero attached hydrogens (tertiary/aromatic N) is 1. The number of benzene rings is 1. The molecule has 2 heteroatoms. The molecule has 1 aromatic rings. The van der Waals surface area contributed by atoms with Gasteiger partial charge in [0.25, 0.3) is 0 Å². The summed E-state index contributed by atoms with van der Waals surface area (Å²) in [6.45, 7) is 6.15. The highest BCUT2D eigenvalue weighted by molar-refractivity contribution is 5.55. The first-order chi connectivity index (χ1) is 6.86. The van der Waals surface area contributed by atoms with E-state index in [1.54, 1.807) is 0 Å². The largest absolute Gasteiger partial charge is 0.391 e. The Balaban J connectivity index is 2.50. The van der Waals surface area contributed by atoms with E-state index in [-0.39, 0.29) is 0 Å². The summed E-state index contributed by atoms with van der Waals surface area (Å²) in [4.78, 5) is 5.04. The molecule has 0 unspecified atom stereocenters. The molecule has 0 aliphatic heterocycles. The van der Waals surface area contributed by atoms with Crippen molar-refractivity contribution >= 4 is 12.3 Å². The molecule has 0 saturated carbocycles. The Labute approximate surface area is 84.9 Å². The number of hydrogen-bond donors (Lipinski definition) is 0. The molecule has 0 N–H and O–H groups in total. The van der Waals surface area contributed by atoms with E-state index in [4.69, 9.17) is 4.84 Å². The maximum atomic E-state index is 5.04. The van der Waals surface area contributed by atoms with Crippen LogP contribution in [-0.2, 0) is 11.4 Å². The van der Waals surface area contributed by atoms with E-state index in [9.17, 15) is 0 Å². The lowest BCUT2D eigenvalue weighted by molar-refractivity contribution is 0.131. The Kier molecular flexibility index (Phi) is 4.48. The van der Waals surface area contributed by atoms with Crippen LogP contribution in [0.5, 0.6) is 0 Å². The van der Waals surface area contributed by atoms with E-state index in [2.05, 4.69) is 17.9 Å². The first kappa shape index (κ1) is 10.5. The summed E-state index contributed by atoms with van der Waals surface area (Å²) < 4.78 is 0. The monoisotopic (exact) mass is 188 g/mol. The Bertz CT molecular complexity index is 318. The van der Waals surface area contributed by atoms with Crippen LogP contribution in [0.2, 0.25) is 0 Å². The molecule has 0 aliphatic carbocycles. The van der Waals surface area contributed by atoms with Crippen LogP contribution in [0.25, 0.3) is 6.08 Å². The maximum Gasteiger partial charge on any atom is 0.142 e. The van der Waals surface area contributed by atoms with Crippen molar-refractivity contribution in [1.82, 2.24) is 0 Å². The van der Waals surface area contributed by atoms with Gasteiger partial charge in [0, 0.05) is 0 Å². The van der Waals surface area contributed by atoms with Gasteiger partial charge in [0.05, 0.1) is 0 Å². The molecule has 0 heterocycles. The van der Waals surface area contributed by atoms with E-state index >= 15 is 0 Å². The summed E-state index contributed by atoms with van der Waals surface area (Å²) in [5.74, 6) is 0. The fraction of sp³-hybridized carbons (Fsp3) is 0.250. The average Bonchev–Trinajstić information content (AvgIpc) is 2.25. The van der Waals surface area contributed by atoms with Gasteiger partial charge in [-0.2, -0.15) is 0 Å². The van der Waals surface area contributed by atoms with Crippen LogP contribution in [-0.4, -0.2) is 6.21 Å². The summed E-state index contributed by atoms with van der Waals surface area (Å²) in [6.07, 6.45) is 5.31. The minimum Gasteiger partial charge on any atom is -0.391 e. The van der Waals surface area contributed by atoms with Crippen molar-refractivity contribution < 1.29 is 4.84 Å². The minimum atomic E-state index is 0.481.